The summed E-state index contributed by atoms with van der Waals surface area (Å²) in [4.78, 5) is 0. The van der Waals surface area contributed by atoms with Gasteiger partial charge in [0.1, 0.15) is 11.5 Å². The number of rotatable bonds is 4. The predicted octanol–water partition coefficient (Wildman–Crippen LogP) is 3.64. The smallest absolute Gasteiger partial charge is 0.134 e. The molecule has 1 heterocycles. The van der Waals surface area contributed by atoms with Crippen LogP contribution in [0.5, 0.6) is 0 Å². The van der Waals surface area contributed by atoms with Gasteiger partial charge in [-0.2, -0.15) is 0 Å². The molecule has 0 saturated heterocycles. The fraction of sp³-hybridized carbons (Fsp3) is 0.231. The lowest BCUT2D eigenvalue weighted by atomic mass is 10.1. The van der Waals surface area contributed by atoms with E-state index in [2.05, 4.69) is 0 Å². The van der Waals surface area contributed by atoms with E-state index in [4.69, 9.17) is 38.5 Å². The number of aliphatic hydroxyl groups is 1. The van der Waals surface area contributed by atoms with Crippen LogP contribution in [-0.2, 0) is 0 Å². The van der Waals surface area contributed by atoms with Gasteiger partial charge in [-0.15, -0.1) is 0 Å². The Balaban J connectivity index is 2.26. The van der Waals surface area contributed by atoms with Crippen molar-refractivity contribution in [1.82, 2.24) is 0 Å². The monoisotopic (exact) mass is 285 g/mol. The summed E-state index contributed by atoms with van der Waals surface area (Å²) in [7, 11) is 0. The Labute approximate surface area is 115 Å². The largest absolute Gasteiger partial charge is 0.459 e. The molecule has 1 atom stereocenters. The van der Waals surface area contributed by atoms with Crippen molar-refractivity contribution in [3.05, 3.63) is 46.1 Å². The molecule has 0 saturated carbocycles. The number of hydrogen-bond donors (Lipinski definition) is 2. The molecule has 1 unspecified atom stereocenters. The lowest BCUT2D eigenvalue weighted by molar-refractivity contribution is 0.269. The van der Waals surface area contributed by atoms with Crippen LogP contribution in [0, 0.1) is 0 Å². The summed E-state index contributed by atoms with van der Waals surface area (Å²) in [5, 5.41) is 9.82. The number of nitrogens with two attached hydrogens (primary N) is 1. The quantitative estimate of drug-likeness (QED) is 0.902. The van der Waals surface area contributed by atoms with E-state index in [0.717, 1.165) is 5.56 Å². The molecule has 0 aliphatic rings. The van der Waals surface area contributed by atoms with E-state index in [1.807, 2.05) is 12.1 Å². The third-order valence-electron chi connectivity index (χ3n) is 2.64. The highest BCUT2D eigenvalue weighted by Crippen LogP contribution is 2.30. The van der Waals surface area contributed by atoms with Crippen molar-refractivity contribution in [2.24, 2.45) is 5.73 Å². The summed E-state index contributed by atoms with van der Waals surface area (Å²) in [6.45, 7) is 0.0317. The first-order chi connectivity index (χ1) is 8.61. The van der Waals surface area contributed by atoms with Gasteiger partial charge in [-0.05, 0) is 36.8 Å². The van der Waals surface area contributed by atoms with E-state index in [0.29, 0.717) is 28.0 Å². The molecule has 3 nitrogen and oxygen atoms in total. The van der Waals surface area contributed by atoms with Crippen LogP contribution in [-0.4, -0.2) is 11.7 Å². The summed E-state index contributed by atoms with van der Waals surface area (Å²) < 4.78 is 5.64. The van der Waals surface area contributed by atoms with E-state index >= 15 is 0 Å². The fourth-order valence-electron chi connectivity index (χ4n) is 1.64. The first kappa shape index (κ1) is 13.4. The molecule has 0 radical (unpaired) electrons. The van der Waals surface area contributed by atoms with Crippen LogP contribution >= 0.6 is 23.2 Å². The Morgan fingerprint density at radius 2 is 1.94 bits per heavy atom. The van der Waals surface area contributed by atoms with Gasteiger partial charge in [-0.3, -0.25) is 0 Å². The average Bonchev–Trinajstić information content (AvgIpc) is 2.82. The van der Waals surface area contributed by atoms with E-state index in [1.165, 1.54) is 0 Å². The number of aliphatic hydroxyl groups excluding tert-OH is 1. The Hall–Kier alpha value is -1.00. The van der Waals surface area contributed by atoms with Crippen LogP contribution in [0.4, 0.5) is 0 Å². The van der Waals surface area contributed by atoms with Gasteiger partial charge in [0, 0.05) is 12.2 Å². The molecule has 2 aromatic rings. The van der Waals surface area contributed by atoms with Crippen molar-refractivity contribution in [3.63, 3.8) is 0 Å². The first-order valence-electron chi connectivity index (χ1n) is 5.53. The molecule has 5 heteroatoms. The van der Waals surface area contributed by atoms with Gasteiger partial charge in [0.2, 0.25) is 0 Å². The van der Waals surface area contributed by atoms with Crippen molar-refractivity contribution in [2.75, 3.05) is 6.61 Å². The van der Waals surface area contributed by atoms with E-state index in [9.17, 15) is 0 Å². The van der Waals surface area contributed by atoms with E-state index in [1.54, 1.807) is 18.2 Å². The van der Waals surface area contributed by atoms with Gasteiger partial charge < -0.3 is 15.3 Å². The van der Waals surface area contributed by atoms with Crippen LogP contribution in [0.15, 0.2) is 34.7 Å². The van der Waals surface area contributed by atoms with Crippen LogP contribution < -0.4 is 5.73 Å². The molecule has 3 N–H and O–H groups in total. The summed E-state index contributed by atoms with van der Waals surface area (Å²) in [5.41, 5.74) is 6.69. The molecule has 0 spiro atoms. The zero-order chi connectivity index (χ0) is 13.1. The fourth-order valence-corrected chi connectivity index (χ4v) is 1.94. The number of furan rings is 1. The Bertz CT molecular complexity index is 540. The van der Waals surface area contributed by atoms with E-state index in [-0.39, 0.29) is 12.6 Å². The molecular formula is C13H13Cl2NO2. The van der Waals surface area contributed by atoms with Crippen LogP contribution in [0.25, 0.3) is 11.3 Å². The third kappa shape index (κ3) is 2.87. The zero-order valence-electron chi connectivity index (χ0n) is 9.57. The highest BCUT2D eigenvalue weighted by molar-refractivity contribution is 6.42. The second-order valence-corrected chi connectivity index (χ2v) is 4.76. The molecule has 0 bridgehead atoms. The number of halogens is 2. The van der Waals surface area contributed by atoms with Crippen molar-refractivity contribution in [3.8, 4) is 11.3 Å². The van der Waals surface area contributed by atoms with Crippen molar-refractivity contribution < 1.29 is 9.52 Å². The topological polar surface area (TPSA) is 59.4 Å². The molecule has 2 rings (SSSR count). The summed E-state index contributed by atoms with van der Waals surface area (Å²) >= 11 is 11.8. The van der Waals surface area contributed by atoms with Crippen molar-refractivity contribution in [1.29, 1.82) is 0 Å². The number of hydrogen-bond acceptors (Lipinski definition) is 3. The molecule has 0 aliphatic carbocycles. The van der Waals surface area contributed by atoms with Gasteiger partial charge in [-0.1, -0.05) is 23.2 Å². The minimum atomic E-state index is -0.300. The predicted molar refractivity (Wildman–Crippen MR) is 72.8 cm³/mol. The minimum Gasteiger partial charge on any atom is -0.459 e. The lowest BCUT2D eigenvalue weighted by Gasteiger charge is -2.06. The normalized spacial score (nSPS) is 12.7. The third-order valence-corrected chi connectivity index (χ3v) is 3.38. The van der Waals surface area contributed by atoms with Crippen molar-refractivity contribution >= 4 is 23.2 Å². The van der Waals surface area contributed by atoms with Crippen LogP contribution in [0.2, 0.25) is 10.0 Å². The Morgan fingerprint density at radius 1 is 1.17 bits per heavy atom. The maximum atomic E-state index is 8.83. The highest BCUT2D eigenvalue weighted by atomic mass is 35.5. The maximum absolute atomic E-state index is 8.83. The maximum Gasteiger partial charge on any atom is 0.134 e. The van der Waals surface area contributed by atoms with Crippen LogP contribution in [0.3, 0.4) is 0 Å². The Kier molecular flexibility index (Phi) is 4.30. The molecule has 0 fully saturated rings. The van der Waals surface area contributed by atoms with Gasteiger partial charge in [-0.25, -0.2) is 0 Å². The Morgan fingerprint density at radius 3 is 2.61 bits per heavy atom. The number of benzene rings is 1. The van der Waals surface area contributed by atoms with Crippen molar-refractivity contribution in [2.45, 2.75) is 12.5 Å². The zero-order valence-corrected chi connectivity index (χ0v) is 11.1. The van der Waals surface area contributed by atoms with Crippen LogP contribution in [0.1, 0.15) is 18.2 Å². The molecule has 18 heavy (non-hydrogen) atoms. The SMILES string of the molecule is NC(CCO)c1ccc(-c2ccc(Cl)c(Cl)c2)o1. The molecule has 0 aliphatic heterocycles. The minimum absolute atomic E-state index is 0.0317. The molecule has 0 amide bonds. The highest BCUT2D eigenvalue weighted by Gasteiger charge is 2.12. The van der Waals surface area contributed by atoms with Gasteiger partial charge in [0.25, 0.3) is 0 Å². The van der Waals surface area contributed by atoms with E-state index < -0.39 is 0 Å². The molecule has 1 aromatic heterocycles. The molecule has 1 aromatic carbocycles. The average molecular weight is 286 g/mol. The molecular weight excluding hydrogens is 273 g/mol. The second-order valence-electron chi connectivity index (χ2n) is 3.95. The summed E-state index contributed by atoms with van der Waals surface area (Å²) in [6, 6.07) is 8.62. The standard InChI is InChI=1S/C13H13Cl2NO2/c14-9-2-1-8(7-10(9)15)12-3-4-13(18-12)11(16)5-6-17/h1-4,7,11,17H,5-6,16H2. The van der Waals surface area contributed by atoms with Gasteiger partial charge in [0.15, 0.2) is 0 Å². The second kappa shape index (κ2) is 5.76. The summed E-state index contributed by atoms with van der Waals surface area (Å²) in [6.07, 6.45) is 0.467. The van der Waals surface area contributed by atoms with Gasteiger partial charge in [0.05, 0.1) is 16.1 Å². The summed E-state index contributed by atoms with van der Waals surface area (Å²) in [5.74, 6) is 1.32. The molecule has 96 valence electrons. The first-order valence-corrected chi connectivity index (χ1v) is 6.29. The van der Waals surface area contributed by atoms with Gasteiger partial charge >= 0.3 is 0 Å². The lowest BCUT2D eigenvalue weighted by Crippen LogP contribution is -2.10.